The van der Waals surface area contributed by atoms with Gasteiger partial charge in [0.15, 0.2) is 6.29 Å². The van der Waals surface area contributed by atoms with Crippen LogP contribution in [0.15, 0.2) is 0 Å². The van der Waals surface area contributed by atoms with Crippen molar-refractivity contribution < 1.29 is 19.4 Å². The van der Waals surface area contributed by atoms with Crippen LogP contribution in [0.2, 0.25) is 0 Å². The van der Waals surface area contributed by atoms with Crippen molar-refractivity contribution >= 4 is 5.97 Å². The Balaban J connectivity index is 1.69. The van der Waals surface area contributed by atoms with E-state index in [1.54, 1.807) is 7.11 Å². The van der Waals surface area contributed by atoms with Crippen molar-refractivity contribution in [2.24, 2.45) is 22.7 Å². The van der Waals surface area contributed by atoms with E-state index in [0.717, 1.165) is 25.7 Å². The van der Waals surface area contributed by atoms with Gasteiger partial charge >= 0.3 is 0 Å². The molecular weight excluding hydrogens is 232 g/mol. The standard InChI is InChI=1S/C14H20O4/c1-17-10-8-6-4-2-3-5-7-13-9(8)14(13,12(15)16)11(13)18-10/h8-11H,2-7H2,1H3,(H,15,16)/p-1/t8-,9-,10-,11+,13-,14+/m0/s1. The maximum Gasteiger partial charge on any atom is 0.160 e. The number of hydrogen-bond acceptors (Lipinski definition) is 4. The molecule has 0 N–H and O–H groups in total. The molecule has 3 aliphatic carbocycles. The Labute approximate surface area is 107 Å². The minimum Gasteiger partial charge on any atom is -0.549 e. The fourth-order valence-corrected chi connectivity index (χ4v) is 5.33. The SMILES string of the molecule is CO[C@H]1O[C@@H]2[C@]34CCCCCC[C@H]1[C@@H]3[C@]24C(=O)[O-]. The second-order valence-corrected chi connectivity index (χ2v) is 6.41. The molecule has 0 aromatic rings. The van der Waals surface area contributed by atoms with Crippen LogP contribution in [0.4, 0.5) is 0 Å². The van der Waals surface area contributed by atoms with Gasteiger partial charge in [0.25, 0.3) is 0 Å². The normalized spacial score (nSPS) is 56.7. The molecule has 0 aromatic heterocycles. The van der Waals surface area contributed by atoms with Gasteiger partial charge in [0.2, 0.25) is 0 Å². The zero-order valence-electron chi connectivity index (χ0n) is 10.7. The zero-order valence-corrected chi connectivity index (χ0v) is 10.7. The molecule has 0 unspecified atom stereocenters. The lowest BCUT2D eigenvalue weighted by atomic mass is 9.80. The lowest BCUT2D eigenvalue weighted by molar-refractivity contribution is -0.320. The lowest BCUT2D eigenvalue weighted by Gasteiger charge is -2.41. The van der Waals surface area contributed by atoms with E-state index in [-0.39, 0.29) is 29.6 Å². The number of ether oxygens (including phenoxy) is 2. The van der Waals surface area contributed by atoms with Crippen LogP contribution in [0.5, 0.6) is 0 Å². The molecule has 2 aliphatic heterocycles. The molecule has 1 spiro atoms. The van der Waals surface area contributed by atoms with Gasteiger partial charge in [-0.15, -0.1) is 0 Å². The van der Waals surface area contributed by atoms with Gasteiger partial charge in [-0.05, 0) is 18.8 Å². The van der Waals surface area contributed by atoms with Crippen molar-refractivity contribution in [3.05, 3.63) is 0 Å². The minimum absolute atomic E-state index is 0.0735. The maximum atomic E-state index is 11.5. The van der Waals surface area contributed by atoms with Gasteiger partial charge in [-0.1, -0.05) is 25.7 Å². The number of fused-ring (bicyclic) bond motifs is 1. The minimum atomic E-state index is -0.877. The summed E-state index contributed by atoms with van der Waals surface area (Å²) < 4.78 is 11.3. The quantitative estimate of drug-likeness (QED) is 0.724. The van der Waals surface area contributed by atoms with E-state index in [1.807, 2.05) is 0 Å². The molecule has 0 aromatic carbocycles. The molecule has 0 amide bonds. The predicted octanol–water partition coefficient (Wildman–Crippen LogP) is 0.694. The first-order valence-electron chi connectivity index (χ1n) is 7.11. The predicted molar refractivity (Wildman–Crippen MR) is 60.2 cm³/mol. The van der Waals surface area contributed by atoms with Crippen LogP contribution < -0.4 is 5.11 Å². The second kappa shape index (κ2) is 3.28. The molecule has 4 bridgehead atoms. The first kappa shape index (κ1) is 11.2. The van der Waals surface area contributed by atoms with Crippen LogP contribution in [-0.4, -0.2) is 25.5 Å². The van der Waals surface area contributed by atoms with E-state index in [4.69, 9.17) is 9.47 Å². The highest BCUT2D eigenvalue weighted by atomic mass is 16.7. The Kier molecular flexibility index (Phi) is 2.05. The van der Waals surface area contributed by atoms with Gasteiger partial charge in [0.05, 0.1) is 12.1 Å². The number of aliphatic carboxylic acids is 1. The van der Waals surface area contributed by atoms with E-state index in [0.29, 0.717) is 0 Å². The summed E-state index contributed by atoms with van der Waals surface area (Å²) in [7, 11) is 1.66. The van der Waals surface area contributed by atoms with Crippen LogP contribution >= 0.6 is 0 Å². The number of carbonyl (C=O) groups is 1. The fourth-order valence-electron chi connectivity index (χ4n) is 5.33. The van der Waals surface area contributed by atoms with E-state index in [2.05, 4.69) is 0 Å². The Morgan fingerprint density at radius 1 is 1.33 bits per heavy atom. The van der Waals surface area contributed by atoms with Crippen molar-refractivity contribution in [3.8, 4) is 0 Å². The van der Waals surface area contributed by atoms with Gasteiger partial charge in [0, 0.05) is 23.9 Å². The number of hydrogen-bond donors (Lipinski definition) is 0. The molecule has 3 saturated carbocycles. The van der Waals surface area contributed by atoms with Crippen LogP contribution in [0.1, 0.15) is 38.5 Å². The topological polar surface area (TPSA) is 58.6 Å². The number of carboxylic acids is 1. The van der Waals surface area contributed by atoms with E-state index < -0.39 is 11.4 Å². The van der Waals surface area contributed by atoms with Crippen LogP contribution in [-0.2, 0) is 14.3 Å². The third kappa shape index (κ3) is 0.935. The molecule has 4 heteroatoms. The number of methoxy groups -OCH3 is 1. The van der Waals surface area contributed by atoms with Crippen LogP contribution in [0, 0.1) is 22.7 Å². The smallest absolute Gasteiger partial charge is 0.160 e. The Hall–Kier alpha value is -0.610. The summed E-state index contributed by atoms with van der Waals surface area (Å²) in [6.07, 6.45) is 6.48. The van der Waals surface area contributed by atoms with Crippen molar-refractivity contribution in [2.45, 2.75) is 50.9 Å². The molecular formula is C14H19O4-. The third-order valence-corrected chi connectivity index (χ3v) is 6.03. The molecule has 100 valence electrons. The summed E-state index contributed by atoms with van der Waals surface area (Å²) in [5.41, 5.74) is -0.708. The first-order chi connectivity index (χ1) is 8.71. The molecule has 2 saturated heterocycles. The number of carboxylic acid groups (broad SMARTS) is 1. The van der Waals surface area contributed by atoms with Crippen molar-refractivity contribution in [3.63, 3.8) is 0 Å². The Morgan fingerprint density at radius 3 is 2.83 bits per heavy atom. The van der Waals surface area contributed by atoms with Crippen molar-refractivity contribution in [1.82, 2.24) is 0 Å². The van der Waals surface area contributed by atoms with E-state index in [9.17, 15) is 9.90 Å². The van der Waals surface area contributed by atoms with Crippen molar-refractivity contribution in [2.75, 3.05) is 7.11 Å². The average molecular weight is 251 g/mol. The number of carbonyl (C=O) groups excluding carboxylic acids is 1. The summed E-state index contributed by atoms with van der Waals surface area (Å²) in [6.45, 7) is 0. The highest BCUT2D eigenvalue weighted by Gasteiger charge is 3.02. The van der Waals surface area contributed by atoms with Gasteiger partial charge in [-0.2, -0.15) is 0 Å². The molecule has 4 nitrogen and oxygen atoms in total. The monoisotopic (exact) mass is 251 g/mol. The van der Waals surface area contributed by atoms with Crippen LogP contribution in [0.3, 0.4) is 0 Å². The molecule has 0 radical (unpaired) electrons. The zero-order chi connectivity index (χ0) is 12.5. The van der Waals surface area contributed by atoms with Gasteiger partial charge in [-0.3, -0.25) is 0 Å². The Morgan fingerprint density at radius 2 is 2.11 bits per heavy atom. The van der Waals surface area contributed by atoms with Gasteiger partial charge in [-0.25, -0.2) is 0 Å². The summed E-state index contributed by atoms with van der Waals surface area (Å²) in [5.74, 6) is -0.356. The first-order valence-corrected chi connectivity index (χ1v) is 7.11. The summed E-state index contributed by atoms with van der Waals surface area (Å²) in [6, 6.07) is 0. The lowest BCUT2D eigenvalue weighted by Crippen LogP contribution is -2.48. The summed E-state index contributed by atoms with van der Waals surface area (Å²) >= 11 is 0. The molecule has 6 atom stereocenters. The molecule has 5 rings (SSSR count). The van der Waals surface area contributed by atoms with Gasteiger partial charge in [0.1, 0.15) is 0 Å². The fraction of sp³-hybridized carbons (Fsp3) is 0.929. The van der Waals surface area contributed by atoms with Gasteiger partial charge < -0.3 is 19.4 Å². The van der Waals surface area contributed by atoms with E-state index in [1.165, 1.54) is 12.8 Å². The highest BCUT2D eigenvalue weighted by Crippen LogP contribution is 2.96. The average Bonchev–Trinajstić information content (AvgIpc) is 3.17. The molecule has 5 aliphatic rings. The highest BCUT2D eigenvalue weighted by molar-refractivity contribution is 5.88. The number of rotatable bonds is 2. The molecule has 18 heavy (non-hydrogen) atoms. The van der Waals surface area contributed by atoms with Crippen molar-refractivity contribution in [1.29, 1.82) is 0 Å². The van der Waals surface area contributed by atoms with E-state index >= 15 is 0 Å². The van der Waals surface area contributed by atoms with Crippen LogP contribution in [0.25, 0.3) is 0 Å². The summed E-state index contributed by atoms with van der Waals surface area (Å²) in [5, 5.41) is 11.5. The largest absolute Gasteiger partial charge is 0.549 e. The Bertz CT molecular complexity index is 409. The summed E-state index contributed by atoms with van der Waals surface area (Å²) in [4.78, 5) is 11.5. The maximum absolute atomic E-state index is 11.5. The second-order valence-electron chi connectivity index (χ2n) is 6.41. The third-order valence-electron chi connectivity index (χ3n) is 6.03. The molecule has 5 fully saturated rings. The molecule has 2 heterocycles.